The Morgan fingerprint density at radius 3 is 2.60 bits per heavy atom. The van der Waals surface area contributed by atoms with Gasteiger partial charge in [0.05, 0.1) is 43.6 Å². The number of benzene rings is 2. The SMILES string of the molecule is COc1ccc(C(=O)N2CCOc3ccccc32)c(N2CCC(COc3cc(C(CC(=O)O)C4CC4)ccn3)CC2)c1. The third-order valence-corrected chi connectivity index (χ3v) is 8.60. The monoisotopic (exact) mass is 571 g/mol. The molecule has 0 radical (unpaired) electrons. The van der Waals surface area contributed by atoms with Crippen molar-refractivity contribution in [3.8, 4) is 17.4 Å². The molecule has 1 atom stereocenters. The van der Waals surface area contributed by atoms with Crippen LogP contribution in [-0.4, -0.2) is 61.9 Å². The van der Waals surface area contributed by atoms with Gasteiger partial charge in [-0.1, -0.05) is 12.1 Å². The Morgan fingerprint density at radius 1 is 1.02 bits per heavy atom. The first kappa shape index (κ1) is 27.9. The van der Waals surface area contributed by atoms with Gasteiger partial charge in [0.25, 0.3) is 5.91 Å². The minimum absolute atomic E-state index is 0.0156. The molecule has 1 aliphatic carbocycles. The number of carbonyl (C=O) groups is 2. The minimum atomic E-state index is -0.770. The largest absolute Gasteiger partial charge is 0.497 e. The van der Waals surface area contributed by atoms with Gasteiger partial charge in [-0.05, 0) is 79.3 Å². The number of aromatic nitrogens is 1. The molecule has 0 spiro atoms. The van der Waals surface area contributed by atoms with Crippen molar-refractivity contribution < 1.29 is 28.9 Å². The highest BCUT2D eigenvalue weighted by Crippen LogP contribution is 2.45. The molecule has 1 aromatic heterocycles. The van der Waals surface area contributed by atoms with Gasteiger partial charge >= 0.3 is 5.97 Å². The number of ether oxygens (including phenoxy) is 3. The summed E-state index contributed by atoms with van der Waals surface area (Å²) in [5, 5.41) is 9.37. The number of nitrogens with zero attached hydrogens (tertiary/aromatic N) is 3. The van der Waals surface area contributed by atoms with Gasteiger partial charge < -0.3 is 29.1 Å². The number of hydrogen-bond donors (Lipinski definition) is 1. The van der Waals surface area contributed by atoms with Gasteiger partial charge in [-0.2, -0.15) is 0 Å². The average Bonchev–Trinajstić information content (AvgIpc) is 3.88. The van der Waals surface area contributed by atoms with E-state index in [2.05, 4.69) is 9.88 Å². The Balaban J connectivity index is 1.11. The van der Waals surface area contributed by atoms with Gasteiger partial charge in [0.15, 0.2) is 0 Å². The summed E-state index contributed by atoms with van der Waals surface area (Å²) in [6.45, 7) is 3.08. The topological polar surface area (TPSA) is 101 Å². The fourth-order valence-corrected chi connectivity index (χ4v) is 6.13. The molecule has 1 saturated carbocycles. The predicted molar refractivity (Wildman–Crippen MR) is 159 cm³/mol. The zero-order valence-corrected chi connectivity index (χ0v) is 23.9. The van der Waals surface area contributed by atoms with Gasteiger partial charge in [-0.15, -0.1) is 0 Å². The summed E-state index contributed by atoms with van der Waals surface area (Å²) in [6.07, 6.45) is 5.84. The van der Waals surface area contributed by atoms with Crippen LogP contribution in [0.1, 0.15) is 53.9 Å². The highest BCUT2D eigenvalue weighted by atomic mass is 16.5. The molecule has 2 aromatic carbocycles. The van der Waals surface area contributed by atoms with E-state index in [4.69, 9.17) is 14.2 Å². The molecular weight excluding hydrogens is 534 g/mol. The lowest BCUT2D eigenvalue weighted by molar-refractivity contribution is -0.137. The van der Waals surface area contributed by atoms with Crippen LogP contribution in [0.2, 0.25) is 0 Å². The van der Waals surface area contributed by atoms with Crippen molar-refractivity contribution in [3.05, 3.63) is 71.9 Å². The number of methoxy groups -OCH3 is 1. The molecule has 1 unspecified atom stereocenters. The van der Waals surface area contributed by atoms with E-state index >= 15 is 0 Å². The number of pyridine rings is 1. The van der Waals surface area contributed by atoms with Crippen LogP contribution in [0.15, 0.2) is 60.8 Å². The third-order valence-electron chi connectivity index (χ3n) is 8.60. The standard InChI is InChI=1S/C33H37N3O6/c1-40-25-8-9-26(33(39)36-16-17-41-30-5-3-2-4-28(30)36)29(19-25)35-14-11-22(12-15-35)21-42-31-18-24(10-13-34-31)27(20-32(37)38)23-6-7-23/h2-5,8-10,13,18-19,22-23,27H,6-7,11-12,14-17,20-21H2,1H3,(H,37,38). The second kappa shape index (κ2) is 12.3. The van der Waals surface area contributed by atoms with Crippen LogP contribution >= 0.6 is 0 Å². The molecule has 1 N–H and O–H groups in total. The van der Waals surface area contributed by atoms with Crippen molar-refractivity contribution in [2.24, 2.45) is 11.8 Å². The molecule has 220 valence electrons. The van der Waals surface area contributed by atoms with Crippen LogP contribution < -0.4 is 24.0 Å². The summed E-state index contributed by atoms with van der Waals surface area (Å²) in [6, 6.07) is 17.1. The Hall–Kier alpha value is -4.27. The fourth-order valence-electron chi connectivity index (χ4n) is 6.13. The van der Waals surface area contributed by atoms with Crippen LogP contribution in [0, 0.1) is 11.8 Å². The summed E-state index contributed by atoms with van der Waals surface area (Å²) in [4.78, 5) is 33.7. The normalized spacial score (nSPS) is 17.6. The number of piperidine rings is 1. The van der Waals surface area contributed by atoms with E-state index in [1.807, 2.05) is 54.6 Å². The Kier molecular flexibility index (Phi) is 8.17. The first-order chi connectivity index (χ1) is 20.5. The predicted octanol–water partition coefficient (Wildman–Crippen LogP) is 5.39. The van der Waals surface area contributed by atoms with Gasteiger partial charge in [0.2, 0.25) is 5.88 Å². The Labute approximate surface area is 246 Å². The zero-order valence-electron chi connectivity index (χ0n) is 23.9. The van der Waals surface area contributed by atoms with Crippen LogP contribution in [0.25, 0.3) is 0 Å². The van der Waals surface area contributed by atoms with Crippen LogP contribution in [0.3, 0.4) is 0 Å². The smallest absolute Gasteiger partial charge is 0.303 e. The number of carboxylic acid groups (broad SMARTS) is 1. The summed E-state index contributed by atoms with van der Waals surface area (Å²) < 4.78 is 17.4. The van der Waals surface area contributed by atoms with Crippen molar-refractivity contribution in [2.45, 2.75) is 38.0 Å². The maximum Gasteiger partial charge on any atom is 0.303 e. The zero-order chi connectivity index (χ0) is 29.1. The second-order valence-corrected chi connectivity index (χ2v) is 11.4. The van der Waals surface area contributed by atoms with E-state index in [1.54, 1.807) is 18.2 Å². The molecule has 6 rings (SSSR count). The van der Waals surface area contributed by atoms with E-state index in [-0.39, 0.29) is 18.2 Å². The maximum absolute atomic E-state index is 13.9. The number of carboxylic acids is 1. The van der Waals surface area contributed by atoms with E-state index in [9.17, 15) is 14.7 Å². The molecular formula is C33H37N3O6. The van der Waals surface area contributed by atoms with Gasteiger partial charge in [0.1, 0.15) is 18.1 Å². The number of amides is 1. The van der Waals surface area contributed by atoms with Crippen LogP contribution in [0.5, 0.6) is 17.4 Å². The summed E-state index contributed by atoms with van der Waals surface area (Å²) in [5.41, 5.74) is 3.31. The van der Waals surface area contributed by atoms with E-state index in [0.717, 1.165) is 61.5 Å². The molecule has 3 heterocycles. The number of para-hydroxylation sites is 2. The van der Waals surface area contributed by atoms with E-state index in [0.29, 0.717) is 48.8 Å². The fraction of sp³-hybridized carbons (Fsp3) is 0.424. The number of rotatable bonds is 10. The minimum Gasteiger partial charge on any atom is -0.497 e. The van der Waals surface area contributed by atoms with Gasteiger partial charge in [0, 0.05) is 31.4 Å². The molecule has 3 aliphatic rings. The lowest BCUT2D eigenvalue weighted by atomic mass is 9.92. The van der Waals surface area contributed by atoms with Crippen molar-refractivity contribution >= 4 is 23.3 Å². The first-order valence-corrected chi connectivity index (χ1v) is 14.8. The van der Waals surface area contributed by atoms with Crippen LogP contribution in [-0.2, 0) is 4.79 Å². The molecule has 2 fully saturated rings. The lowest BCUT2D eigenvalue weighted by Crippen LogP contribution is -2.40. The average molecular weight is 572 g/mol. The van der Waals surface area contributed by atoms with Crippen molar-refractivity contribution in [3.63, 3.8) is 0 Å². The van der Waals surface area contributed by atoms with Gasteiger partial charge in [-0.3, -0.25) is 9.59 Å². The number of anilines is 2. The van der Waals surface area contributed by atoms with E-state index in [1.165, 1.54) is 0 Å². The Bertz CT molecular complexity index is 1430. The number of carbonyl (C=O) groups excluding carboxylic acids is 1. The van der Waals surface area contributed by atoms with Crippen molar-refractivity contribution in [2.75, 3.05) is 49.8 Å². The second-order valence-electron chi connectivity index (χ2n) is 11.4. The van der Waals surface area contributed by atoms with Crippen molar-refractivity contribution in [1.82, 2.24) is 4.98 Å². The highest BCUT2D eigenvalue weighted by Gasteiger charge is 2.34. The molecule has 9 heteroatoms. The summed E-state index contributed by atoms with van der Waals surface area (Å²) >= 11 is 0. The third kappa shape index (κ3) is 6.15. The highest BCUT2D eigenvalue weighted by molar-refractivity contribution is 6.10. The number of hydrogen-bond acceptors (Lipinski definition) is 7. The molecule has 1 saturated heterocycles. The van der Waals surface area contributed by atoms with Gasteiger partial charge in [-0.25, -0.2) is 4.98 Å². The molecule has 3 aromatic rings. The van der Waals surface area contributed by atoms with E-state index < -0.39 is 5.97 Å². The molecule has 0 bridgehead atoms. The molecule has 9 nitrogen and oxygen atoms in total. The number of aliphatic carboxylic acids is 1. The summed E-state index contributed by atoms with van der Waals surface area (Å²) in [7, 11) is 1.64. The van der Waals surface area contributed by atoms with Crippen LogP contribution in [0.4, 0.5) is 11.4 Å². The molecule has 42 heavy (non-hydrogen) atoms. The lowest BCUT2D eigenvalue weighted by Gasteiger charge is -2.36. The van der Waals surface area contributed by atoms with Crippen molar-refractivity contribution in [1.29, 1.82) is 0 Å². The molecule has 2 aliphatic heterocycles. The number of fused-ring (bicyclic) bond motifs is 1. The Morgan fingerprint density at radius 2 is 1.83 bits per heavy atom. The first-order valence-electron chi connectivity index (χ1n) is 14.8. The quantitative estimate of drug-likeness (QED) is 0.346. The molecule has 1 amide bonds. The maximum atomic E-state index is 13.9. The summed E-state index contributed by atoms with van der Waals surface area (Å²) in [5.74, 6) is 1.97.